The molecule has 1 atom stereocenters. The van der Waals surface area contributed by atoms with Gasteiger partial charge in [-0.05, 0) is 38.0 Å². The summed E-state index contributed by atoms with van der Waals surface area (Å²) in [6.45, 7) is 1.22. The number of fused-ring (bicyclic) bond motifs is 1. The van der Waals surface area contributed by atoms with Gasteiger partial charge in [-0.3, -0.25) is 0 Å². The third-order valence-electron chi connectivity index (χ3n) is 4.02. The molecule has 0 bridgehead atoms. The van der Waals surface area contributed by atoms with Crippen LogP contribution in [0.3, 0.4) is 0 Å². The fourth-order valence-electron chi connectivity index (χ4n) is 2.75. The van der Waals surface area contributed by atoms with Crippen LogP contribution in [0.4, 0.5) is 26.7 Å². The molecule has 0 saturated heterocycles. The smallest absolute Gasteiger partial charge is 0.416 e. The predicted octanol–water partition coefficient (Wildman–Crippen LogP) is 5.83. The summed E-state index contributed by atoms with van der Waals surface area (Å²) < 4.78 is 77.6. The normalized spacial score (nSPS) is 15.6. The molecule has 27 heavy (non-hydrogen) atoms. The van der Waals surface area contributed by atoms with Crippen molar-refractivity contribution in [2.24, 2.45) is 0 Å². The van der Waals surface area contributed by atoms with E-state index < -0.39 is 41.3 Å². The van der Waals surface area contributed by atoms with E-state index in [9.17, 15) is 26.7 Å². The number of rotatable bonds is 3. The Morgan fingerprint density at radius 1 is 1.30 bits per heavy atom. The molecule has 4 nitrogen and oxygen atoms in total. The molecule has 1 aromatic carbocycles. The fourth-order valence-corrected chi connectivity index (χ4v) is 2.75. The molecule has 0 spiro atoms. The zero-order chi connectivity index (χ0) is 19.8. The lowest BCUT2D eigenvalue weighted by Gasteiger charge is -2.20. The van der Waals surface area contributed by atoms with Crippen LogP contribution in [0, 0.1) is 18.6 Å². The topological polar surface area (TPSA) is 51.5 Å². The quantitative estimate of drug-likeness (QED) is 0.672. The van der Waals surface area contributed by atoms with E-state index in [0.717, 1.165) is 12.5 Å². The van der Waals surface area contributed by atoms with Crippen molar-refractivity contribution in [3.05, 3.63) is 59.1 Å². The first-order valence-electron chi connectivity index (χ1n) is 7.96. The maximum Gasteiger partial charge on any atom is 0.416 e. The van der Waals surface area contributed by atoms with Gasteiger partial charge in [0.15, 0.2) is 17.4 Å². The van der Waals surface area contributed by atoms with Crippen molar-refractivity contribution in [1.82, 2.24) is 5.32 Å². The van der Waals surface area contributed by atoms with E-state index in [1.165, 1.54) is 13.0 Å². The molecule has 1 amide bonds. The lowest BCUT2D eigenvalue weighted by molar-refractivity contribution is -0.159. The van der Waals surface area contributed by atoms with Gasteiger partial charge >= 0.3 is 12.3 Å². The second kappa shape index (κ2) is 7.05. The number of aryl methyl sites for hydroxylation is 1. The van der Waals surface area contributed by atoms with Gasteiger partial charge < -0.3 is 14.5 Å². The molecule has 0 radical (unpaired) electrons. The fraction of sp³-hybridized carbons (Fsp3) is 0.278. The van der Waals surface area contributed by atoms with Gasteiger partial charge in [0, 0.05) is 18.4 Å². The van der Waals surface area contributed by atoms with Crippen LogP contribution < -0.4 is 5.32 Å². The molecule has 1 N–H and O–H groups in total. The number of allylic oxidation sites excluding steroid dienone is 3. The molecule has 0 saturated carbocycles. The number of carbonyl (C=O) groups excluding carboxylic acids is 1. The Morgan fingerprint density at radius 2 is 2.04 bits per heavy atom. The minimum absolute atomic E-state index is 0. The number of alkyl halides is 3. The van der Waals surface area contributed by atoms with E-state index in [1.807, 2.05) is 0 Å². The minimum atomic E-state index is -4.95. The van der Waals surface area contributed by atoms with E-state index in [0.29, 0.717) is 12.5 Å². The molecule has 2 aromatic rings. The summed E-state index contributed by atoms with van der Waals surface area (Å²) in [5.41, 5.74) is -0.658. The highest BCUT2D eigenvalue weighted by Crippen LogP contribution is 2.39. The van der Waals surface area contributed by atoms with Crippen LogP contribution in [-0.4, -0.2) is 12.3 Å². The Balaban J connectivity index is 0.00000280. The lowest BCUT2D eigenvalue weighted by atomic mass is 10.1. The number of amides is 1. The van der Waals surface area contributed by atoms with Crippen molar-refractivity contribution in [2.45, 2.75) is 32.0 Å². The summed E-state index contributed by atoms with van der Waals surface area (Å²) in [5, 5.41) is 1.54. The third-order valence-corrected chi connectivity index (χ3v) is 4.02. The van der Waals surface area contributed by atoms with Crippen molar-refractivity contribution in [1.29, 1.82) is 0 Å². The lowest BCUT2D eigenvalue weighted by Crippen LogP contribution is -2.38. The molecule has 1 aliphatic rings. The number of benzene rings is 1. The van der Waals surface area contributed by atoms with E-state index in [4.69, 9.17) is 9.15 Å². The summed E-state index contributed by atoms with van der Waals surface area (Å²) in [4.78, 5) is 11.9. The van der Waals surface area contributed by atoms with Gasteiger partial charge in [0.25, 0.3) is 0 Å². The summed E-state index contributed by atoms with van der Waals surface area (Å²) >= 11 is 0. The standard InChI is InChI=1S/C18H14F5NO3.H2/c1-9-12-7-10(19)8-13(20)15(12)27-14(9)16(18(21,22)23)24-17(25)26-11-5-3-2-4-6-11;/h3,5-8,16H,2,4H2,1H3,(H,24,25);1H/t16-;/m1./s1. The second-order valence-corrected chi connectivity index (χ2v) is 5.95. The molecule has 1 aromatic heterocycles. The number of alkyl carbamates (subject to hydrolysis) is 1. The van der Waals surface area contributed by atoms with Gasteiger partial charge in [-0.15, -0.1) is 0 Å². The minimum Gasteiger partial charge on any atom is -0.455 e. The van der Waals surface area contributed by atoms with Gasteiger partial charge in [-0.2, -0.15) is 13.2 Å². The first-order valence-corrected chi connectivity index (χ1v) is 7.96. The summed E-state index contributed by atoms with van der Waals surface area (Å²) in [6, 6.07) is -1.22. The van der Waals surface area contributed by atoms with E-state index >= 15 is 0 Å². The Labute approximate surface area is 151 Å². The van der Waals surface area contributed by atoms with Crippen molar-refractivity contribution >= 4 is 17.1 Å². The summed E-state index contributed by atoms with van der Waals surface area (Å²) in [6.07, 6.45) is -0.228. The number of ether oxygens (including phenoxy) is 1. The van der Waals surface area contributed by atoms with Gasteiger partial charge in [-0.1, -0.05) is 6.08 Å². The Hall–Kier alpha value is -2.84. The van der Waals surface area contributed by atoms with Crippen molar-refractivity contribution in [3.63, 3.8) is 0 Å². The first-order chi connectivity index (χ1) is 12.7. The largest absolute Gasteiger partial charge is 0.455 e. The first kappa shape index (κ1) is 18.9. The van der Waals surface area contributed by atoms with Gasteiger partial charge in [0.2, 0.25) is 0 Å². The van der Waals surface area contributed by atoms with Crippen molar-refractivity contribution < 1.29 is 37.3 Å². The monoisotopic (exact) mass is 389 g/mol. The predicted molar refractivity (Wildman–Crippen MR) is 87.9 cm³/mol. The maximum atomic E-state index is 13.8. The van der Waals surface area contributed by atoms with Crippen LogP contribution in [0.5, 0.6) is 0 Å². The van der Waals surface area contributed by atoms with Crippen LogP contribution in [0.1, 0.15) is 31.6 Å². The summed E-state index contributed by atoms with van der Waals surface area (Å²) in [7, 11) is 0. The molecule has 3 rings (SSSR count). The second-order valence-electron chi connectivity index (χ2n) is 5.95. The average molecular weight is 389 g/mol. The number of nitrogens with one attached hydrogen (secondary N) is 1. The van der Waals surface area contributed by atoms with Gasteiger partial charge in [-0.25, -0.2) is 13.6 Å². The van der Waals surface area contributed by atoms with E-state index in [-0.39, 0.29) is 18.1 Å². The molecule has 0 aliphatic heterocycles. The highest BCUT2D eigenvalue weighted by Gasteiger charge is 2.46. The Kier molecular flexibility index (Phi) is 4.95. The number of hydrogen-bond donors (Lipinski definition) is 1. The van der Waals surface area contributed by atoms with Gasteiger partial charge in [0.05, 0.1) is 0 Å². The maximum absolute atomic E-state index is 13.8. The van der Waals surface area contributed by atoms with Crippen LogP contribution in [0.2, 0.25) is 0 Å². The Morgan fingerprint density at radius 3 is 2.67 bits per heavy atom. The van der Waals surface area contributed by atoms with Gasteiger partial charge in [0.1, 0.15) is 17.3 Å². The van der Waals surface area contributed by atoms with Crippen LogP contribution >= 0.6 is 0 Å². The number of hydrogen-bond acceptors (Lipinski definition) is 3. The highest BCUT2D eigenvalue weighted by molar-refractivity contribution is 5.83. The molecule has 146 valence electrons. The average Bonchev–Trinajstić information content (AvgIpc) is 2.90. The number of furan rings is 1. The number of carbonyl (C=O) groups is 1. The molecule has 1 heterocycles. The zero-order valence-electron chi connectivity index (χ0n) is 14.0. The molecule has 0 unspecified atom stereocenters. The van der Waals surface area contributed by atoms with Crippen LogP contribution in [-0.2, 0) is 4.74 Å². The zero-order valence-corrected chi connectivity index (χ0v) is 14.0. The molecular formula is C18H16F5NO3. The van der Waals surface area contributed by atoms with E-state index in [2.05, 4.69) is 0 Å². The molecule has 1 aliphatic carbocycles. The van der Waals surface area contributed by atoms with Crippen LogP contribution in [0.25, 0.3) is 11.0 Å². The highest BCUT2D eigenvalue weighted by atomic mass is 19.4. The molecule has 0 fully saturated rings. The van der Waals surface area contributed by atoms with Crippen LogP contribution in [0.15, 0.2) is 40.5 Å². The summed E-state index contributed by atoms with van der Waals surface area (Å²) in [5.74, 6) is -2.72. The Bertz CT molecular complexity index is 949. The number of halogens is 5. The van der Waals surface area contributed by atoms with Crippen molar-refractivity contribution in [2.75, 3.05) is 0 Å². The SMILES string of the molecule is Cc1c([C@@H](NC(=O)OC2=CCCC=C2)C(F)(F)F)oc2c(F)cc(F)cc12.[HH]. The van der Waals surface area contributed by atoms with Crippen molar-refractivity contribution in [3.8, 4) is 0 Å². The molecular weight excluding hydrogens is 373 g/mol. The van der Waals surface area contributed by atoms with E-state index in [1.54, 1.807) is 17.5 Å². The third kappa shape index (κ3) is 3.96. The molecule has 9 heteroatoms.